The zero-order chi connectivity index (χ0) is 15.4. The highest BCUT2D eigenvalue weighted by molar-refractivity contribution is 7.11. The molecular weight excluding hydrogens is 290 g/mol. The number of anilines is 1. The van der Waals surface area contributed by atoms with Gasteiger partial charge < -0.3 is 10.1 Å². The quantitative estimate of drug-likeness (QED) is 0.686. The lowest BCUT2D eigenvalue weighted by Crippen LogP contribution is -2.00. The number of nitrogens with one attached hydrogen (secondary N) is 1. The van der Waals surface area contributed by atoms with Crippen molar-refractivity contribution in [2.75, 3.05) is 12.4 Å². The van der Waals surface area contributed by atoms with Crippen molar-refractivity contribution in [1.82, 2.24) is 0 Å². The highest BCUT2D eigenvalue weighted by Crippen LogP contribution is 2.31. The van der Waals surface area contributed by atoms with Gasteiger partial charge in [0, 0.05) is 16.3 Å². The molecule has 3 aromatic rings. The summed E-state index contributed by atoms with van der Waals surface area (Å²) in [4.78, 5) is 2.66. The Morgan fingerprint density at radius 2 is 1.77 bits per heavy atom. The predicted molar refractivity (Wildman–Crippen MR) is 94.8 cm³/mol. The second kappa shape index (κ2) is 6.67. The third-order valence-electron chi connectivity index (χ3n) is 3.56. The number of thiophene rings is 1. The molecule has 0 aliphatic rings. The van der Waals surface area contributed by atoms with Crippen molar-refractivity contribution in [3.05, 3.63) is 70.4 Å². The number of rotatable bonds is 5. The molecule has 0 radical (unpaired) electrons. The molecule has 0 spiro atoms. The van der Waals surface area contributed by atoms with Crippen molar-refractivity contribution in [2.24, 2.45) is 0 Å². The number of ether oxygens (including phenoxy) is 1. The average Bonchev–Trinajstić information content (AvgIpc) is 2.99. The van der Waals surface area contributed by atoms with Crippen LogP contribution in [0.4, 0.5) is 5.69 Å². The van der Waals surface area contributed by atoms with Gasteiger partial charge in [0.05, 0.1) is 12.8 Å². The molecule has 0 atom stereocenters. The highest BCUT2D eigenvalue weighted by Gasteiger charge is 2.06. The molecule has 0 unspecified atom stereocenters. The fourth-order valence-electron chi connectivity index (χ4n) is 2.42. The van der Waals surface area contributed by atoms with E-state index < -0.39 is 0 Å². The molecule has 0 saturated heterocycles. The molecule has 1 heterocycles. The Morgan fingerprint density at radius 3 is 2.45 bits per heavy atom. The van der Waals surface area contributed by atoms with Gasteiger partial charge >= 0.3 is 0 Å². The maximum atomic E-state index is 5.47. The summed E-state index contributed by atoms with van der Waals surface area (Å²) >= 11 is 1.82. The van der Waals surface area contributed by atoms with E-state index in [1.54, 1.807) is 7.11 Å². The third kappa shape index (κ3) is 3.31. The van der Waals surface area contributed by atoms with Gasteiger partial charge in [-0.3, -0.25) is 0 Å². The van der Waals surface area contributed by atoms with Crippen LogP contribution in [0.15, 0.2) is 60.7 Å². The van der Waals surface area contributed by atoms with Crippen LogP contribution < -0.4 is 10.1 Å². The van der Waals surface area contributed by atoms with Crippen LogP contribution in [-0.2, 0) is 6.54 Å². The molecule has 0 aliphatic carbocycles. The van der Waals surface area contributed by atoms with Crippen LogP contribution in [-0.4, -0.2) is 7.11 Å². The van der Waals surface area contributed by atoms with E-state index in [1.807, 2.05) is 23.5 Å². The highest BCUT2D eigenvalue weighted by atomic mass is 32.1. The minimum Gasteiger partial charge on any atom is -0.495 e. The van der Waals surface area contributed by atoms with Crippen molar-refractivity contribution in [2.45, 2.75) is 13.5 Å². The maximum absolute atomic E-state index is 5.47. The lowest BCUT2D eigenvalue weighted by molar-refractivity contribution is 0.416. The van der Waals surface area contributed by atoms with Gasteiger partial charge in [-0.05, 0) is 42.3 Å². The van der Waals surface area contributed by atoms with E-state index in [2.05, 4.69) is 60.8 Å². The third-order valence-corrected chi connectivity index (χ3v) is 4.56. The normalized spacial score (nSPS) is 10.5. The Balaban J connectivity index is 1.85. The van der Waals surface area contributed by atoms with Gasteiger partial charge in [0.15, 0.2) is 0 Å². The number of hydrogen-bond donors (Lipinski definition) is 1. The summed E-state index contributed by atoms with van der Waals surface area (Å²) < 4.78 is 5.47. The molecule has 112 valence electrons. The standard InChI is InChI=1S/C19H19NOS/c1-14-8-10-17(22-14)13-20-18-12-16(9-11-19(18)21-2)15-6-4-3-5-7-15/h3-12,20H,13H2,1-2H3. The average molecular weight is 309 g/mol. The van der Waals surface area contributed by atoms with Crippen LogP contribution in [0.25, 0.3) is 11.1 Å². The van der Waals surface area contributed by atoms with E-state index in [-0.39, 0.29) is 0 Å². The molecular formula is C19H19NOS. The van der Waals surface area contributed by atoms with Gasteiger partial charge in [-0.15, -0.1) is 11.3 Å². The van der Waals surface area contributed by atoms with E-state index in [1.165, 1.54) is 20.9 Å². The van der Waals surface area contributed by atoms with Crippen molar-refractivity contribution < 1.29 is 4.74 Å². The van der Waals surface area contributed by atoms with Crippen LogP contribution in [0, 0.1) is 6.92 Å². The van der Waals surface area contributed by atoms with E-state index in [9.17, 15) is 0 Å². The molecule has 0 fully saturated rings. The van der Waals surface area contributed by atoms with Crippen LogP contribution in [0.5, 0.6) is 5.75 Å². The van der Waals surface area contributed by atoms with Gasteiger partial charge in [0.1, 0.15) is 5.75 Å². The van der Waals surface area contributed by atoms with Crippen molar-refractivity contribution in [1.29, 1.82) is 0 Å². The molecule has 0 amide bonds. The molecule has 1 N–H and O–H groups in total. The van der Waals surface area contributed by atoms with E-state index in [0.717, 1.165) is 18.0 Å². The van der Waals surface area contributed by atoms with Crippen LogP contribution >= 0.6 is 11.3 Å². The van der Waals surface area contributed by atoms with Crippen LogP contribution in [0.2, 0.25) is 0 Å². The monoisotopic (exact) mass is 309 g/mol. The first kappa shape index (κ1) is 14.7. The molecule has 3 heteroatoms. The molecule has 0 saturated carbocycles. The minimum atomic E-state index is 0.813. The number of hydrogen-bond acceptors (Lipinski definition) is 3. The van der Waals surface area contributed by atoms with Crippen LogP contribution in [0.1, 0.15) is 9.75 Å². The number of methoxy groups -OCH3 is 1. The first-order valence-electron chi connectivity index (χ1n) is 7.29. The lowest BCUT2D eigenvalue weighted by Gasteiger charge is -2.12. The molecule has 22 heavy (non-hydrogen) atoms. The summed E-state index contributed by atoms with van der Waals surface area (Å²) in [6, 6.07) is 21.0. The number of benzene rings is 2. The largest absolute Gasteiger partial charge is 0.495 e. The summed E-state index contributed by atoms with van der Waals surface area (Å²) in [6.45, 7) is 2.94. The molecule has 2 aromatic carbocycles. The Morgan fingerprint density at radius 1 is 0.955 bits per heavy atom. The fraction of sp³-hybridized carbons (Fsp3) is 0.158. The van der Waals surface area contributed by atoms with Gasteiger partial charge in [0.2, 0.25) is 0 Å². The molecule has 0 aliphatic heterocycles. The smallest absolute Gasteiger partial charge is 0.141 e. The number of aryl methyl sites for hydroxylation is 1. The van der Waals surface area contributed by atoms with Gasteiger partial charge in [-0.1, -0.05) is 36.4 Å². The van der Waals surface area contributed by atoms with Gasteiger partial charge in [-0.2, -0.15) is 0 Å². The van der Waals surface area contributed by atoms with Crippen molar-refractivity contribution >= 4 is 17.0 Å². The summed E-state index contributed by atoms with van der Waals surface area (Å²) in [5.74, 6) is 0.868. The topological polar surface area (TPSA) is 21.3 Å². The Hall–Kier alpha value is -2.26. The van der Waals surface area contributed by atoms with E-state index in [4.69, 9.17) is 4.74 Å². The Kier molecular flexibility index (Phi) is 4.45. The Labute approximate surface area is 135 Å². The van der Waals surface area contributed by atoms with E-state index >= 15 is 0 Å². The van der Waals surface area contributed by atoms with Gasteiger partial charge in [-0.25, -0.2) is 0 Å². The zero-order valence-electron chi connectivity index (χ0n) is 12.8. The predicted octanol–water partition coefficient (Wildman–Crippen LogP) is 5.34. The summed E-state index contributed by atoms with van der Waals surface area (Å²) in [5.41, 5.74) is 3.42. The summed E-state index contributed by atoms with van der Waals surface area (Å²) in [6.07, 6.45) is 0. The first-order chi connectivity index (χ1) is 10.8. The van der Waals surface area contributed by atoms with Crippen molar-refractivity contribution in [3.63, 3.8) is 0 Å². The second-order valence-electron chi connectivity index (χ2n) is 5.15. The molecule has 3 rings (SSSR count). The minimum absolute atomic E-state index is 0.813. The summed E-state index contributed by atoms with van der Waals surface area (Å²) in [5, 5.41) is 3.49. The SMILES string of the molecule is COc1ccc(-c2ccccc2)cc1NCc1ccc(C)s1. The van der Waals surface area contributed by atoms with Crippen LogP contribution in [0.3, 0.4) is 0 Å². The van der Waals surface area contributed by atoms with Crippen molar-refractivity contribution in [3.8, 4) is 16.9 Å². The van der Waals surface area contributed by atoms with E-state index in [0.29, 0.717) is 0 Å². The maximum Gasteiger partial charge on any atom is 0.141 e. The lowest BCUT2D eigenvalue weighted by atomic mass is 10.0. The first-order valence-corrected chi connectivity index (χ1v) is 8.10. The Bertz CT molecular complexity index is 749. The fourth-order valence-corrected chi connectivity index (χ4v) is 3.25. The molecule has 0 bridgehead atoms. The second-order valence-corrected chi connectivity index (χ2v) is 6.52. The molecule has 2 nitrogen and oxygen atoms in total. The molecule has 1 aromatic heterocycles. The zero-order valence-corrected chi connectivity index (χ0v) is 13.6. The summed E-state index contributed by atoms with van der Waals surface area (Å²) in [7, 11) is 1.71. The van der Waals surface area contributed by atoms with Gasteiger partial charge in [0.25, 0.3) is 0 Å².